The van der Waals surface area contributed by atoms with E-state index >= 15 is 0 Å². The molecule has 3 aromatic rings. The third kappa shape index (κ3) is 3.13. The van der Waals surface area contributed by atoms with Crippen molar-refractivity contribution in [3.05, 3.63) is 70.0 Å². The molecule has 0 spiro atoms. The van der Waals surface area contributed by atoms with Gasteiger partial charge in [-0.15, -0.1) is 0 Å². The molecule has 134 valence electrons. The fraction of sp³-hybridized carbons (Fsp3) is 0.263. The zero-order valence-corrected chi connectivity index (χ0v) is 15.7. The zero-order chi connectivity index (χ0) is 18.1. The van der Waals surface area contributed by atoms with Gasteiger partial charge in [0.15, 0.2) is 0 Å². The number of benzene rings is 2. The number of nitrogens with one attached hydrogen (secondary N) is 1. The molecule has 0 amide bonds. The third-order valence-corrected chi connectivity index (χ3v) is 5.11. The summed E-state index contributed by atoms with van der Waals surface area (Å²) in [5, 5.41) is 9.10. The summed E-state index contributed by atoms with van der Waals surface area (Å²) in [5.41, 5.74) is 2.07. The molecule has 1 N–H and O–H groups in total. The van der Waals surface area contributed by atoms with Crippen molar-refractivity contribution in [1.29, 1.82) is 0 Å². The van der Waals surface area contributed by atoms with E-state index in [0.29, 0.717) is 22.6 Å². The number of para-hydroxylation sites is 1. The number of anilines is 1. The molecule has 1 aromatic heterocycles. The van der Waals surface area contributed by atoms with Crippen LogP contribution in [0, 0.1) is 0 Å². The molecule has 7 heteroatoms. The topological polar surface area (TPSA) is 52.0 Å². The van der Waals surface area contributed by atoms with E-state index in [-0.39, 0.29) is 12.1 Å². The maximum Gasteiger partial charge on any atom is 0.222 e. The Morgan fingerprint density at radius 1 is 1.19 bits per heavy atom. The summed E-state index contributed by atoms with van der Waals surface area (Å²) in [5.74, 6) is 1.58. The Hall–Kier alpha value is -2.24. The van der Waals surface area contributed by atoms with Crippen molar-refractivity contribution < 1.29 is 4.74 Å². The van der Waals surface area contributed by atoms with Gasteiger partial charge in [0.1, 0.15) is 12.1 Å². The Labute approximate surface area is 161 Å². The van der Waals surface area contributed by atoms with Crippen LogP contribution in [0.25, 0.3) is 0 Å². The fourth-order valence-corrected chi connectivity index (χ4v) is 3.95. The van der Waals surface area contributed by atoms with Crippen molar-refractivity contribution in [3.8, 4) is 5.75 Å². The van der Waals surface area contributed by atoms with Crippen LogP contribution >= 0.6 is 23.2 Å². The SMILES string of the molecule is CCOc1ccccc1[C@@H]1C[C@H](c2ccc(Cl)cc2Cl)Nc2ncnn21. The van der Waals surface area contributed by atoms with Gasteiger partial charge in [-0.1, -0.05) is 47.5 Å². The summed E-state index contributed by atoms with van der Waals surface area (Å²) in [7, 11) is 0. The lowest BCUT2D eigenvalue weighted by Gasteiger charge is -2.32. The summed E-state index contributed by atoms with van der Waals surface area (Å²) in [6.07, 6.45) is 2.33. The maximum atomic E-state index is 6.45. The quantitative estimate of drug-likeness (QED) is 0.672. The lowest BCUT2D eigenvalue weighted by molar-refractivity contribution is 0.325. The van der Waals surface area contributed by atoms with E-state index in [2.05, 4.69) is 21.5 Å². The van der Waals surface area contributed by atoms with E-state index in [9.17, 15) is 0 Å². The summed E-state index contributed by atoms with van der Waals surface area (Å²) < 4.78 is 7.74. The summed E-state index contributed by atoms with van der Waals surface area (Å²) in [4.78, 5) is 4.36. The van der Waals surface area contributed by atoms with E-state index in [1.807, 2.05) is 41.9 Å². The third-order valence-electron chi connectivity index (χ3n) is 4.55. The Balaban J connectivity index is 1.76. The van der Waals surface area contributed by atoms with Gasteiger partial charge in [0.25, 0.3) is 0 Å². The number of hydrogen-bond donors (Lipinski definition) is 1. The van der Waals surface area contributed by atoms with Crippen LogP contribution in [0.15, 0.2) is 48.8 Å². The molecule has 0 saturated heterocycles. The van der Waals surface area contributed by atoms with Gasteiger partial charge < -0.3 is 10.1 Å². The predicted molar refractivity (Wildman–Crippen MR) is 103 cm³/mol. The Kier molecular flexibility index (Phi) is 4.74. The van der Waals surface area contributed by atoms with E-state index in [4.69, 9.17) is 27.9 Å². The number of fused-ring (bicyclic) bond motifs is 1. The van der Waals surface area contributed by atoms with Gasteiger partial charge in [-0.05, 0) is 37.1 Å². The van der Waals surface area contributed by atoms with Gasteiger partial charge >= 0.3 is 0 Å². The molecule has 5 nitrogen and oxygen atoms in total. The van der Waals surface area contributed by atoms with Gasteiger partial charge in [-0.25, -0.2) is 4.68 Å². The van der Waals surface area contributed by atoms with Crippen LogP contribution in [0.4, 0.5) is 5.95 Å². The first kappa shape index (κ1) is 17.2. The molecule has 2 heterocycles. The highest BCUT2D eigenvalue weighted by molar-refractivity contribution is 6.35. The van der Waals surface area contributed by atoms with Crippen LogP contribution in [-0.4, -0.2) is 21.4 Å². The average Bonchev–Trinajstić information content (AvgIpc) is 3.10. The minimum atomic E-state index is -0.00625. The van der Waals surface area contributed by atoms with Crippen molar-refractivity contribution in [2.24, 2.45) is 0 Å². The molecule has 0 aliphatic carbocycles. The van der Waals surface area contributed by atoms with E-state index in [1.165, 1.54) is 0 Å². The summed E-state index contributed by atoms with van der Waals surface area (Å²) in [6.45, 7) is 2.59. The van der Waals surface area contributed by atoms with Gasteiger partial charge in [0, 0.05) is 15.6 Å². The highest BCUT2D eigenvalue weighted by Crippen LogP contribution is 2.42. The fourth-order valence-electron chi connectivity index (χ4n) is 3.41. The number of aromatic nitrogens is 3. The summed E-state index contributed by atoms with van der Waals surface area (Å²) >= 11 is 12.5. The first-order valence-corrected chi connectivity index (χ1v) is 9.25. The molecular weight excluding hydrogens is 371 g/mol. The second-order valence-corrected chi connectivity index (χ2v) is 6.96. The predicted octanol–water partition coefficient (Wildman–Crippen LogP) is 5.13. The van der Waals surface area contributed by atoms with Crippen LogP contribution in [0.1, 0.15) is 36.6 Å². The highest BCUT2D eigenvalue weighted by Gasteiger charge is 2.32. The molecule has 1 aliphatic rings. The largest absolute Gasteiger partial charge is 0.494 e. The lowest BCUT2D eigenvalue weighted by Crippen LogP contribution is -2.28. The summed E-state index contributed by atoms with van der Waals surface area (Å²) in [6, 6.07) is 13.6. The van der Waals surface area contributed by atoms with Crippen molar-refractivity contribution in [2.75, 3.05) is 11.9 Å². The standard InChI is InChI=1S/C19H18Cl2N4O/c1-2-26-18-6-4-3-5-14(18)17-10-16(24-19-22-11-23-25(17)19)13-8-7-12(20)9-15(13)21/h3-9,11,16-17H,2,10H2,1H3,(H,22,23,24)/t16-,17+/m1/s1. The average molecular weight is 389 g/mol. The van der Waals surface area contributed by atoms with Crippen LogP contribution in [0.2, 0.25) is 10.0 Å². The lowest BCUT2D eigenvalue weighted by atomic mass is 9.93. The van der Waals surface area contributed by atoms with Gasteiger partial charge in [0.2, 0.25) is 5.95 Å². The molecule has 26 heavy (non-hydrogen) atoms. The van der Waals surface area contributed by atoms with Crippen LogP contribution in [0.3, 0.4) is 0 Å². The Morgan fingerprint density at radius 2 is 2.04 bits per heavy atom. The van der Waals surface area contributed by atoms with Crippen molar-refractivity contribution >= 4 is 29.2 Å². The molecule has 0 fully saturated rings. The minimum absolute atomic E-state index is 0.00357. The second-order valence-electron chi connectivity index (χ2n) is 6.11. The van der Waals surface area contributed by atoms with Crippen LogP contribution < -0.4 is 10.1 Å². The molecule has 4 rings (SSSR count). The molecule has 1 aliphatic heterocycles. The van der Waals surface area contributed by atoms with Gasteiger partial charge in [-0.3, -0.25) is 0 Å². The van der Waals surface area contributed by atoms with Crippen LogP contribution in [0.5, 0.6) is 5.75 Å². The van der Waals surface area contributed by atoms with Gasteiger partial charge in [-0.2, -0.15) is 10.1 Å². The van der Waals surface area contributed by atoms with E-state index < -0.39 is 0 Å². The molecule has 0 radical (unpaired) electrons. The highest BCUT2D eigenvalue weighted by atomic mass is 35.5. The normalized spacial score (nSPS) is 18.9. The van der Waals surface area contributed by atoms with Gasteiger partial charge in [0.05, 0.1) is 18.7 Å². The zero-order valence-electron chi connectivity index (χ0n) is 14.2. The molecule has 0 saturated carbocycles. The van der Waals surface area contributed by atoms with E-state index in [0.717, 1.165) is 23.3 Å². The van der Waals surface area contributed by atoms with E-state index in [1.54, 1.807) is 12.4 Å². The minimum Gasteiger partial charge on any atom is -0.494 e. The molecule has 2 aromatic carbocycles. The smallest absolute Gasteiger partial charge is 0.222 e. The van der Waals surface area contributed by atoms with Crippen molar-refractivity contribution in [3.63, 3.8) is 0 Å². The number of nitrogens with zero attached hydrogens (tertiary/aromatic N) is 3. The van der Waals surface area contributed by atoms with Crippen LogP contribution in [-0.2, 0) is 0 Å². The monoisotopic (exact) mass is 388 g/mol. The Morgan fingerprint density at radius 3 is 2.85 bits per heavy atom. The number of ether oxygens (including phenoxy) is 1. The number of rotatable bonds is 4. The molecule has 2 atom stereocenters. The Bertz CT molecular complexity index is 927. The molecule has 0 unspecified atom stereocenters. The molecular formula is C19H18Cl2N4O. The second kappa shape index (κ2) is 7.17. The van der Waals surface area contributed by atoms with Crippen molar-refractivity contribution in [1.82, 2.24) is 14.8 Å². The number of halogens is 2. The number of hydrogen-bond acceptors (Lipinski definition) is 4. The first-order chi connectivity index (χ1) is 12.7. The molecule has 0 bridgehead atoms. The maximum absolute atomic E-state index is 6.45. The first-order valence-electron chi connectivity index (χ1n) is 8.50. The van der Waals surface area contributed by atoms with Crippen molar-refractivity contribution in [2.45, 2.75) is 25.4 Å².